The molecule has 0 bridgehead atoms. The molecule has 42 heavy (non-hydrogen) atoms. The Kier molecular flexibility index (Phi) is 7.52. The molecular formula is C35H33N3O3S. The van der Waals surface area contributed by atoms with Crippen molar-refractivity contribution in [1.29, 1.82) is 0 Å². The van der Waals surface area contributed by atoms with Gasteiger partial charge in [0.05, 0.1) is 28.5 Å². The van der Waals surface area contributed by atoms with Crippen LogP contribution in [-0.2, 0) is 16.1 Å². The molecule has 1 aliphatic rings. The van der Waals surface area contributed by atoms with Gasteiger partial charge in [0.25, 0.3) is 5.56 Å². The summed E-state index contributed by atoms with van der Waals surface area (Å²) in [7, 11) is 0. The van der Waals surface area contributed by atoms with Crippen LogP contribution in [0.4, 0.5) is 0 Å². The van der Waals surface area contributed by atoms with E-state index in [4.69, 9.17) is 9.73 Å². The number of ether oxygens (including phenoxy) is 1. The van der Waals surface area contributed by atoms with E-state index in [-0.39, 0.29) is 12.2 Å². The first-order chi connectivity index (χ1) is 20.4. The first-order valence-electron chi connectivity index (χ1n) is 14.3. The minimum atomic E-state index is -0.622. The number of carbonyl (C=O) groups is 1. The molecule has 6 nitrogen and oxygen atoms in total. The van der Waals surface area contributed by atoms with Gasteiger partial charge in [-0.3, -0.25) is 9.36 Å². The molecule has 1 atom stereocenters. The van der Waals surface area contributed by atoms with Crippen molar-refractivity contribution >= 4 is 34.3 Å². The molecular weight excluding hydrogens is 542 g/mol. The average molecular weight is 576 g/mol. The third-order valence-electron chi connectivity index (χ3n) is 7.74. The van der Waals surface area contributed by atoms with Gasteiger partial charge in [-0.2, -0.15) is 0 Å². The van der Waals surface area contributed by atoms with Gasteiger partial charge in [0.15, 0.2) is 4.80 Å². The zero-order chi connectivity index (χ0) is 29.4. The highest BCUT2D eigenvalue weighted by atomic mass is 32.1. The number of allylic oxidation sites excluding steroid dienone is 1. The van der Waals surface area contributed by atoms with Gasteiger partial charge in [-0.05, 0) is 48.6 Å². The Labute approximate surface area is 248 Å². The minimum absolute atomic E-state index is 0.175. The zero-order valence-electron chi connectivity index (χ0n) is 24.2. The van der Waals surface area contributed by atoms with Crippen molar-refractivity contribution in [1.82, 2.24) is 9.13 Å². The van der Waals surface area contributed by atoms with Crippen molar-refractivity contribution < 1.29 is 9.53 Å². The number of hydrogen-bond donors (Lipinski definition) is 0. The Bertz CT molecular complexity index is 1990. The van der Waals surface area contributed by atoms with Gasteiger partial charge in [0.1, 0.15) is 0 Å². The third kappa shape index (κ3) is 5.05. The van der Waals surface area contributed by atoms with Crippen molar-refractivity contribution in [2.45, 2.75) is 46.2 Å². The molecule has 0 unspecified atom stereocenters. The number of hydrogen-bond acceptors (Lipinski definition) is 5. The second-order valence-corrected chi connectivity index (χ2v) is 11.8. The molecule has 0 saturated heterocycles. The van der Waals surface area contributed by atoms with E-state index in [1.54, 1.807) is 11.5 Å². The predicted octanol–water partition coefficient (Wildman–Crippen LogP) is 5.92. The summed E-state index contributed by atoms with van der Waals surface area (Å²) in [5, 5.41) is 1.07. The van der Waals surface area contributed by atoms with Crippen LogP contribution in [0.15, 0.2) is 106 Å². The quantitative estimate of drug-likeness (QED) is 0.226. The number of esters is 1. The normalized spacial score (nSPS) is 15.3. The molecule has 0 amide bonds. The molecule has 3 heterocycles. The number of thiazole rings is 1. The maximum atomic E-state index is 14.1. The van der Waals surface area contributed by atoms with Crippen LogP contribution in [0.5, 0.6) is 0 Å². The van der Waals surface area contributed by atoms with Crippen LogP contribution in [-0.4, -0.2) is 21.7 Å². The number of fused-ring (bicyclic) bond motifs is 2. The first-order valence-corrected chi connectivity index (χ1v) is 15.1. The zero-order valence-corrected chi connectivity index (χ0v) is 25.0. The summed E-state index contributed by atoms with van der Waals surface area (Å²) in [6, 6.07) is 26.1. The molecule has 0 fully saturated rings. The molecule has 7 heteroatoms. The molecule has 5 aromatic rings. The molecule has 0 saturated carbocycles. The van der Waals surface area contributed by atoms with Gasteiger partial charge >= 0.3 is 5.97 Å². The Hall–Kier alpha value is -4.49. The lowest BCUT2D eigenvalue weighted by Gasteiger charge is -2.25. The smallest absolute Gasteiger partial charge is 0.338 e. The summed E-state index contributed by atoms with van der Waals surface area (Å²) in [4.78, 5) is 32.7. The number of aromatic nitrogens is 2. The highest BCUT2D eigenvalue weighted by Gasteiger charge is 2.33. The molecule has 3 aromatic carbocycles. The Morgan fingerprint density at radius 2 is 1.74 bits per heavy atom. The predicted molar refractivity (Wildman–Crippen MR) is 168 cm³/mol. The lowest BCUT2D eigenvalue weighted by Crippen LogP contribution is -2.39. The fourth-order valence-corrected chi connectivity index (χ4v) is 6.65. The lowest BCUT2D eigenvalue weighted by atomic mass is 9.93. The van der Waals surface area contributed by atoms with E-state index in [0.29, 0.717) is 26.5 Å². The van der Waals surface area contributed by atoms with Crippen LogP contribution in [0.1, 0.15) is 61.9 Å². The van der Waals surface area contributed by atoms with Gasteiger partial charge < -0.3 is 9.30 Å². The standard InChI is InChI=1S/C35H33N3O3S/c1-5-41-34(40)31-23(4)36-35-38(32(31)26-17-15-25(16-18-26)22(2)3)33(39)30(42-35)19-27-21-37(20-24-11-7-6-8-12-24)29-14-10-9-13-28(27)29/h6-19,21-22,32H,5,20H2,1-4H3/b30-19-/t32-/m0/s1. The van der Waals surface area contributed by atoms with Crippen LogP contribution in [0, 0.1) is 0 Å². The molecule has 0 spiro atoms. The number of benzene rings is 3. The van der Waals surface area contributed by atoms with Crippen molar-refractivity contribution in [3.05, 3.63) is 138 Å². The van der Waals surface area contributed by atoms with Gasteiger partial charge in [-0.25, -0.2) is 9.79 Å². The molecule has 0 N–H and O–H groups in total. The number of rotatable bonds is 7. The van der Waals surface area contributed by atoms with Gasteiger partial charge in [0, 0.05) is 29.2 Å². The summed E-state index contributed by atoms with van der Waals surface area (Å²) in [5.74, 6) is -0.0817. The maximum Gasteiger partial charge on any atom is 0.338 e. The van der Waals surface area contributed by atoms with Gasteiger partial charge in [0.2, 0.25) is 0 Å². The van der Waals surface area contributed by atoms with Crippen molar-refractivity contribution in [3.63, 3.8) is 0 Å². The van der Waals surface area contributed by atoms with E-state index in [1.165, 1.54) is 22.5 Å². The molecule has 1 aliphatic heterocycles. The average Bonchev–Trinajstić information content (AvgIpc) is 3.49. The summed E-state index contributed by atoms with van der Waals surface area (Å²) >= 11 is 1.35. The van der Waals surface area contributed by atoms with E-state index in [0.717, 1.165) is 28.6 Å². The maximum absolute atomic E-state index is 14.1. The van der Waals surface area contributed by atoms with Crippen molar-refractivity contribution in [3.8, 4) is 0 Å². The Morgan fingerprint density at radius 1 is 1.02 bits per heavy atom. The highest BCUT2D eigenvalue weighted by Crippen LogP contribution is 2.31. The van der Waals surface area contributed by atoms with Gasteiger partial charge in [-0.15, -0.1) is 0 Å². The van der Waals surface area contributed by atoms with Crippen LogP contribution < -0.4 is 14.9 Å². The lowest BCUT2D eigenvalue weighted by molar-refractivity contribution is -0.139. The summed E-state index contributed by atoms with van der Waals surface area (Å²) in [6.45, 7) is 8.85. The molecule has 0 aliphatic carbocycles. The molecule has 0 radical (unpaired) electrons. The fourth-order valence-electron chi connectivity index (χ4n) is 5.61. The van der Waals surface area contributed by atoms with Crippen LogP contribution in [0.3, 0.4) is 0 Å². The Morgan fingerprint density at radius 3 is 2.45 bits per heavy atom. The minimum Gasteiger partial charge on any atom is -0.463 e. The first kappa shape index (κ1) is 27.7. The second-order valence-electron chi connectivity index (χ2n) is 10.8. The molecule has 6 rings (SSSR count). The van der Waals surface area contributed by atoms with Gasteiger partial charge in [-0.1, -0.05) is 98.0 Å². The van der Waals surface area contributed by atoms with Crippen molar-refractivity contribution in [2.24, 2.45) is 4.99 Å². The summed E-state index contributed by atoms with van der Waals surface area (Å²) in [5.41, 5.74) is 6.10. The fraction of sp³-hybridized carbons (Fsp3) is 0.229. The highest BCUT2D eigenvalue weighted by molar-refractivity contribution is 7.07. The van der Waals surface area contributed by atoms with Crippen molar-refractivity contribution in [2.75, 3.05) is 6.61 Å². The third-order valence-corrected chi connectivity index (χ3v) is 8.72. The summed E-state index contributed by atoms with van der Waals surface area (Å²) < 4.78 is 9.88. The van der Waals surface area contributed by atoms with Crippen LogP contribution in [0.2, 0.25) is 0 Å². The van der Waals surface area contributed by atoms with E-state index < -0.39 is 12.0 Å². The largest absolute Gasteiger partial charge is 0.463 e. The topological polar surface area (TPSA) is 65.6 Å². The SMILES string of the molecule is CCOC(=O)C1=C(C)N=c2s/c(=C\c3cn(Cc4ccccc4)c4ccccc34)c(=O)n2[C@H]1c1ccc(C(C)C)cc1. The molecule has 2 aromatic heterocycles. The number of carbonyl (C=O) groups excluding carboxylic acids is 1. The van der Waals surface area contributed by atoms with E-state index in [1.807, 2.05) is 55.5 Å². The number of para-hydroxylation sites is 1. The summed E-state index contributed by atoms with van der Waals surface area (Å²) in [6.07, 6.45) is 4.06. The monoisotopic (exact) mass is 575 g/mol. The number of nitrogens with zero attached hydrogens (tertiary/aromatic N) is 3. The van der Waals surface area contributed by atoms with Crippen LogP contribution in [0.25, 0.3) is 17.0 Å². The van der Waals surface area contributed by atoms with E-state index in [9.17, 15) is 9.59 Å². The second kappa shape index (κ2) is 11.4. The molecule has 212 valence electrons. The van der Waals surface area contributed by atoms with Crippen LogP contribution >= 0.6 is 11.3 Å². The van der Waals surface area contributed by atoms with E-state index >= 15 is 0 Å². The van der Waals surface area contributed by atoms with E-state index in [2.05, 4.69) is 61.0 Å². The Balaban J connectivity index is 1.51.